The van der Waals surface area contributed by atoms with Crippen molar-refractivity contribution in [1.29, 1.82) is 0 Å². The Morgan fingerprint density at radius 2 is 1.23 bits per heavy atom. The first-order valence-corrected chi connectivity index (χ1v) is 10.5. The van der Waals surface area contributed by atoms with Crippen LogP contribution in [0.2, 0.25) is 0 Å². The quantitative estimate of drug-likeness (QED) is 0.733. The van der Waals surface area contributed by atoms with Crippen LogP contribution in [-0.2, 0) is 0 Å². The molecular weight excluding hydrogens is 396 g/mol. The maximum atomic E-state index is 13.2. The maximum Gasteiger partial charge on any atom is 0.270 e. The SMILES string of the molecule is CC(=O)c1c(C)[nH]c(C(=O)N2CCN(C(=O)c3[nH]c(C)c(C(C)=O)c3C)[C@@H](C)C2)c1C. The molecule has 2 aromatic heterocycles. The molecule has 0 unspecified atom stereocenters. The Bertz CT molecular complexity index is 1090. The fourth-order valence-electron chi connectivity index (χ4n) is 4.73. The fourth-order valence-corrected chi connectivity index (χ4v) is 4.73. The van der Waals surface area contributed by atoms with Gasteiger partial charge in [-0.05, 0) is 59.6 Å². The summed E-state index contributed by atoms with van der Waals surface area (Å²) in [5.41, 5.74) is 4.67. The average molecular weight is 427 g/mol. The summed E-state index contributed by atoms with van der Waals surface area (Å²) in [5, 5.41) is 0. The van der Waals surface area contributed by atoms with Gasteiger partial charge >= 0.3 is 0 Å². The number of Topliss-reactive ketones (excluding diaryl/α,β-unsaturated/α-hetero) is 2. The molecule has 0 spiro atoms. The first-order valence-electron chi connectivity index (χ1n) is 10.5. The predicted molar refractivity (Wildman–Crippen MR) is 117 cm³/mol. The van der Waals surface area contributed by atoms with E-state index >= 15 is 0 Å². The molecule has 0 aromatic carbocycles. The van der Waals surface area contributed by atoms with Crippen molar-refractivity contribution < 1.29 is 19.2 Å². The topological polar surface area (TPSA) is 106 Å². The van der Waals surface area contributed by atoms with E-state index in [1.807, 2.05) is 6.92 Å². The van der Waals surface area contributed by atoms with Gasteiger partial charge in [0.1, 0.15) is 11.4 Å². The summed E-state index contributed by atoms with van der Waals surface area (Å²) < 4.78 is 0. The van der Waals surface area contributed by atoms with Crippen molar-refractivity contribution in [2.45, 2.75) is 54.5 Å². The lowest BCUT2D eigenvalue weighted by atomic mass is 10.0. The maximum absolute atomic E-state index is 13.2. The third-order valence-corrected chi connectivity index (χ3v) is 6.18. The van der Waals surface area contributed by atoms with Gasteiger partial charge in [-0.15, -0.1) is 0 Å². The Labute approximate surface area is 182 Å². The first-order chi connectivity index (χ1) is 14.5. The van der Waals surface area contributed by atoms with Crippen molar-refractivity contribution in [2.75, 3.05) is 19.6 Å². The zero-order chi connectivity index (χ0) is 23.2. The van der Waals surface area contributed by atoms with Gasteiger partial charge in [0.05, 0.1) is 0 Å². The van der Waals surface area contributed by atoms with Gasteiger partial charge < -0.3 is 19.8 Å². The van der Waals surface area contributed by atoms with E-state index in [0.29, 0.717) is 64.7 Å². The van der Waals surface area contributed by atoms with Crippen LogP contribution >= 0.6 is 0 Å². The van der Waals surface area contributed by atoms with Crippen LogP contribution in [-0.4, -0.2) is 68.8 Å². The van der Waals surface area contributed by atoms with Gasteiger partial charge in [0.25, 0.3) is 11.8 Å². The van der Waals surface area contributed by atoms with Crippen LogP contribution in [0.4, 0.5) is 0 Å². The highest BCUT2D eigenvalue weighted by Gasteiger charge is 2.34. The summed E-state index contributed by atoms with van der Waals surface area (Å²) in [6, 6.07) is -0.197. The monoisotopic (exact) mass is 426 g/mol. The zero-order valence-corrected chi connectivity index (χ0v) is 19.2. The number of nitrogens with one attached hydrogen (secondary N) is 2. The van der Waals surface area contributed by atoms with Gasteiger partial charge in [0, 0.05) is 48.2 Å². The largest absolute Gasteiger partial charge is 0.354 e. The van der Waals surface area contributed by atoms with Crippen molar-refractivity contribution in [2.24, 2.45) is 0 Å². The standard InChI is InChI=1S/C23H30N4O4/c1-11-10-26(22(30)20-12(2)18(16(6)28)14(4)24-20)8-9-27(11)23(31)21-13(3)19(17(7)29)15(5)25-21/h11,24-25H,8-10H2,1-7H3/t11-/m0/s1. The second kappa shape index (κ2) is 8.17. The Morgan fingerprint density at radius 3 is 1.61 bits per heavy atom. The second-order valence-electron chi connectivity index (χ2n) is 8.46. The highest BCUT2D eigenvalue weighted by Crippen LogP contribution is 2.24. The number of aromatic amines is 2. The molecule has 1 atom stereocenters. The summed E-state index contributed by atoms with van der Waals surface area (Å²) in [4.78, 5) is 59.7. The lowest BCUT2D eigenvalue weighted by Crippen LogP contribution is -2.55. The molecule has 2 amide bonds. The van der Waals surface area contributed by atoms with Gasteiger partial charge in [0.2, 0.25) is 0 Å². The molecule has 0 saturated carbocycles. The van der Waals surface area contributed by atoms with Crippen LogP contribution in [0.1, 0.15) is 85.0 Å². The van der Waals surface area contributed by atoms with Crippen molar-refractivity contribution in [3.63, 3.8) is 0 Å². The number of H-pyrrole nitrogens is 2. The van der Waals surface area contributed by atoms with E-state index in [-0.39, 0.29) is 29.4 Å². The number of rotatable bonds is 4. The molecule has 8 nitrogen and oxygen atoms in total. The molecule has 1 saturated heterocycles. The van der Waals surface area contributed by atoms with Crippen molar-refractivity contribution in [1.82, 2.24) is 19.8 Å². The minimum absolute atomic E-state index is 0.0735. The summed E-state index contributed by atoms with van der Waals surface area (Å²) in [7, 11) is 0. The highest BCUT2D eigenvalue weighted by molar-refractivity contribution is 6.04. The van der Waals surface area contributed by atoms with Crippen LogP contribution < -0.4 is 0 Å². The normalized spacial score (nSPS) is 16.5. The van der Waals surface area contributed by atoms with E-state index in [2.05, 4.69) is 9.97 Å². The number of carbonyl (C=O) groups is 4. The molecule has 0 aliphatic carbocycles. The van der Waals surface area contributed by atoms with Gasteiger partial charge in [-0.2, -0.15) is 0 Å². The zero-order valence-electron chi connectivity index (χ0n) is 19.2. The lowest BCUT2D eigenvalue weighted by Gasteiger charge is -2.39. The van der Waals surface area contributed by atoms with E-state index in [9.17, 15) is 19.2 Å². The molecule has 1 aliphatic heterocycles. The number of hydrogen-bond donors (Lipinski definition) is 2. The number of aryl methyl sites for hydroxylation is 2. The number of piperazine rings is 1. The molecule has 3 rings (SSSR count). The Kier molecular flexibility index (Phi) is 5.93. The van der Waals surface area contributed by atoms with Crippen LogP contribution in [0.25, 0.3) is 0 Å². The van der Waals surface area contributed by atoms with Gasteiger partial charge in [0.15, 0.2) is 11.6 Å². The second-order valence-corrected chi connectivity index (χ2v) is 8.46. The van der Waals surface area contributed by atoms with Gasteiger partial charge in [-0.25, -0.2) is 0 Å². The number of aromatic nitrogens is 2. The lowest BCUT2D eigenvalue weighted by molar-refractivity contribution is 0.0408. The minimum atomic E-state index is -0.197. The van der Waals surface area contributed by atoms with Crippen LogP contribution in [0, 0.1) is 27.7 Å². The van der Waals surface area contributed by atoms with Crippen molar-refractivity contribution in [3.05, 3.63) is 45.0 Å². The van der Waals surface area contributed by atoms with Gasteiger partial charge in [-0.3, -0.25) is 19.2 Å². The van der Waals surface area contributed by atoms with E-state index in [0.717, 1.165) is 0 Å². The molecule has 0 bridgehead atoms. The minimum Gasteiger partial charge on any atom is -0.354 e. The molecule has 2 N–H and O–H groups in total. The van der Waals surface area contributed by atoms with Crippen molar-refractivity contribution in [3.8, 4) is 0 Å². The molecule has 31 heavy (non-hydrogen) atoms. The first kappa shape index (κ1) is 22.5. The van der Waals surface area contributed by atoms with Crippen LogP contribution in [0.3, 0.4) is 0 Å². The highest BCUT2D eigenvalue weighted by atomic mass is 16.2. The number of ketones is 2. The molecule has 8 heteroatoms. The van der Waals surface area contributed by atoms with Crippen LogP contribution in [0.5, 0.6) is 0 Å². The van der Waals surface area contributed by atoms with E-state index < -0.39 is 0 Å². The number of amides is 2. The Morgan fingerprint density at radius 1 is 0.774 bits per heavy atom. The number of carbonyl (C=O) groups excluding carboxylic acids is 4. The Balaban J connectivity index is 1.79. The molecule has 1 aliphatic rings. The molecule has 2 aromatic rings. The molecule has 166 valence electrons. The summed E-state index contributed by atoms with van der Waals surface area (Å²) >= 11 is 0. The summed E-state index contributed by atoms with van der Waals surface area (Å²) in [6.07, 6.45) is 0. The molecular formula is C23H30N4O4. The average Bonchev–Trinajstić information content (AvgIpc) is 3.15. The molecule has 1 fully saturated rings. The third kappa shape index (κ3) is 3.82. The van der Waals surface area contributed by atoms with Gasteiger partial charge in [-0.1, -0.05) is 0 Å². The Hall–Kier alpha value is -3.16. The third-order valence-electron chi connectivity index (χ3n) is 6.18. The van der Waals surface area contributed by atoms with E-state index in [1.165, 1.54) is 13.8 Å². The number of nitrogens with zero attached hydrogens (tertiary/aromatic N) is 2. The summed E-state index contributed by atoms with van der Waals surface area (Å²) in [5.74, 6) is -0.484. The van der Waals surface area contributed by atoms with Crippen LogP contribution in [0.15, 0.2) is 0 Å². The molecule has 0 radical (unpaired) electrons. The van der Waals surface area contributed by atoms with E-state index in [1.54, 1.807) is 37.5 Å². The fraction of sp³-hybridized carbons (Fsp3) is 0.478. The number of hydrogen-bond acceptors (Lipinski definition) is 4. The smallest absolute Gasteiger partial charge is 0.270 e. The predicted octanol–water partition coefficient (Wildman–Crippen LogP) is 2.97. The van der Waals surface area contributed by atoms with E-state index in [4.69, 9.17) is 0 Å². The molecule has 3 heterocycles. The summed E-state index contributed by atoms with van der Waals surface area (Å²) in [6.45, 7) is 13.2. The van der Waals surface area contributed by atoms with Crippen molar-refractivity contribution >= 4 is 23.4 Å².